The van der Waals surface area contributed by atoms with Crippen LogP contribution in [0, 0.1) is 0 Å². The Balaban J connectivity index is 2.32. The average Bonchev–Trinajstić information content (AvgIpc) is 2.46. The molecule has 21 heavy (non-hydrogen) atoms. The van der Waals surface area contributed by atoms with Gasteiger partial charge in [0.2, 0.25) is 5.91 Å². The van der Waals surface area contributed by atoms with E-state index in [0.717, 1.165) is 24.8 Å². The summed E-state index contributed by atoms with van der Waals surface area (Å²) in [6.07, 6.45) is 2.21. The highest BCUT2D eigenvalue weighted by molar-refractivity contribution is 5.78. The van der Waals surface area contributed by atoms with E-state index in [1.807, 2.05) is 24.3 Å². The monoisotopic (exact) mass is 293 g/mol. The Morgan fingerprint density at radius 3 is 2.38 bits per heavy atom. The first kappa shape index (κ1) is 17.2. The van der Waals surface area contributed by atoms with E-state index in [0.29, 0.717) is 0 Å². The molecule has 0 bridgehead atoms. The molecular weight excluding hydrogens is 270 g/mol. The number of aliphatic hydroxyl groups excluding tert-OH is 1. The summed E-state index contributed by atoms with van der Waals surface area (Å²) in [5.74, 6) is -1.44. The normalized spacial score (nSPS) is 11.9. The molecule has 0 unspecified atom stereocenters. The van der Waals surface area contributed by atoms with Crippen molar-refractivity contribution in [2.24, 2.45) is 0 Å². The minimum absolute atomic E-state index is 0.0109. The van der Waals surface area contributed by atoms with Crippen molar-refractivity contribution in [1.29, 1.82) is 0 Å². The number of unbranched alkanes of at least 4 members (excludes halogenated alkanes) is 1. The third kappa shape index (κ3) is 6.90. The summed E-state index contributed by atoms with van der Waals surface area (Å²) in [5.41, 5.74) is 2.19. The molecule has 0 aliphatic heterocycles. The zero-order valence-corrected chi connectivity index (χ0v) is 12.3. The number of aliphatic carboxylic acids is 1. The molecule has 3 N–H and O–H groups in total. The first-order valence-electron chi connectivity index (χ1n) is 7.28. The molecule has 0 saturated carbocycles. The molecule has 5 heteroatoms. The molecule has 0 heterocycles. The number of aryl methyl sites for hydroxylation is 1. The van der Waals surface area contributed by atoms with Crippen LogP contribution >= 0.6 is 0 Å². The Kier molecular flexibility index (Phi) is 7.46. The van der Waals surface area contributed by atoms with E-state index in [1.165, 1.54) is 5.56 Å². The fourth-order valence-electron chi connectivity index (χ4n) is 1.92. The summed E-state index contributed by atoms with van der Waals surface area (Å²) >= 11 is 0. The number of nitrogens with one attached hydrogen (secondary N) is 1. The third-order valence-electron chi connectivity index (χ3n) is 3.23. The van der Waals surface area contributed by atoms with Crippen LogP contribution in [0.3, 0.4) is 0 Å². The SMILES string of the molecule is CCCCc1ccc(CC(=O)NCC[C@H](O)C(=O)O)cc1. The largest absolute Gasteiger partial charge is 0.479 e. The van der Waals surface area contributed by atoms with Gasteiger partial charge in [0.15, 0.2) is 6.10 Å². The molecule has 1 atom stereocenters. The van der Waals surface area contributed by atoms with Crippen LogP contribution < -0.4 is 5.32 Å². The van der Waals surface area contributed by atoms with Gasteiger partial charge in [-0.15, -0.1) is 0 Å². The van der Waals surface area contributed by atoms with Crippen molar-refractivity contribution in [2.75, 3.05) is 6.54 Å². The smallest absolute Gasteiger partial charge is 0.332 e. The van der Waals surface area contributed by atoms with Crippen molar-refractivity contribution < 1.29 is 19.8 Å². The van der Waals surface area contributed by atoms with Gasteiger partial charge in [0.25, 0.3) is 0 Å². The van der Waals surface area contributed by atoms with E-state index in [1.54, 1.807) is 0 Å². The summed E-state index contributed by atoms with van der Waals surface area (Å²) < 4.78 is 0. The summed E-state index contributed by atoms with van der Waals surface area (Å²) in [4.78, 5) is 22.1. The number of rotatable bonds is 9. The maximum Gasteiger partial charge on any atom is 0.332 e. The minimum atomic E-state index is -1.43. The number of carbonyl (C=O) groups is 2. The Morgan fingerprint density at radius 2 is 1.81 bits per heavy atom. The van der Waals surface area contributed by atoms with Crippen LogP contribution in [0.1, 0.15) is 37.3 Å². The van der Waals surface area contributed by atoms with Crippen LogP contribution in [0.2, 0.25) is 0 Å². The lowest BCUT2D eigenvalue weighted by molar-refractivity contribution is -0.147. The number of hydrogen-bond donors (Lipinski definition) is 3. The number of benzene rings is 1. The standard InChI is InChI=1S/C16H23NO4/c1-2-3-4-12-5-7-13(8-6-12)11-15(19)17-10-9-14(18)16(20)21/h5-8,14,18H,2-4,9-11H2,1H3,(H,17,19)(H,20,21)/t14-/m0/s1. The third-order valence-corrected chi connectivity index (χ3v) is 3.23. The van der Waals surface area contributed by atoms with E-state index in [4.69, 9.17) is 10.2 Å². The van der Waals surface area contributed by atoms with Crippen molar-refractivity contribution in [3.05, 3.63) is 35.4 Å². The topological polar surface area (TPSA) is 86.6 Å². The predicted octanol–water partition coefficient (Wildman–Crippen LogP) is 1.52. The zero-order valence-electron chi connectivity index (χ0n) is 12.3. The molecule has 0 spiro atoms. The fourth-order valence-corrected chi connectivity index (χ4v) is 1.92. The highest BCUT2D eigenvalue weighted by Crippen LogP contribution is 2.08. The molecule has 0 radical (unpaired) electrons. The maximum atomic E-state index is 11.7. The summed E-state index contributed by atoms with van der Waals surface area (Å²) in [6, 6.07) is 7.95. The highest BCUT2D eigenvalue weighted by Gasteiger charge is 2.12. The van der Waals surface area contributed by atoms with Crippen molar-refractivity contribution in [3.8, 4) is 0 Å². The number of carbonyl (C=O) groups excluding carboxylic acids is 1. The van der Waals surface area contributed by atoms with E-state index in [-0.39, 0.29) is 25.3 Å². The Morgan fingerprint density at radius 1 is 1.19 bits per heavy atom. The number of carboxylic acids is 1. The number of carboxylic acid groups (broad SMARTS) is 1. The van der Waals surface area contributed by atoms with Crippen molar-refractivity contribution in [1.82, 2.24) is 5.32 Å². The van der Waals surface area contributed by atoms with Crippen molar-refractivity contribution in [3.63, 3.8) is 0 Å². The molecular formula is C16H23NO4. The summed E-state index contributed by atoms with van der Waals surface area (Å²) in [6.45, 7) is 2.31. The van der Waals surface area contributed by atoms with Gasteiger partial charge in [-0.05, 0) is 24.0 Å². The summed E-state index contributed by atoms with van der Waals surface area (Å²) in [7, 11) is 0. The molecule has 0 aromatic heterocycles. The fraction of sp³-hybridized carbons (Fsp3) is 0.500. The zero-order chi connectivity index (χ0) is 15.7. The second-order valence-electron chi connectivity index (χ2n) is 5.09. The van der Waals surface area contributed by atoms with Gasteiger partial charge in [-0.2, -0.15) is 0 Å². The van der Waals surface area contributed by atoms with Crippen LogP contribution in [0.4, 0.5) is 0 Å². The van der Waals surface area contributed by atoms with Crippen LogP contribution in [-0.2, 0) is 22.4 Å². The van der Waals surface area contributed by atoms with Crippen LogP contribution in [0.5, 0.6) is 0 Å². The number of hydrogen-bond acceptors (Lipinski definition) is 3. The molecule has 0 aliphatic carbocycles. The average molecular weight is 293 g/mol. The molecule has 1 rings (SSSR count). The lowest BCUT2D eigenvalue weighted by atomic mass is 10.0. The van der Waals surface area contributed by atoms with Crippen LogP contribution in [-0.4, -0.2) is 34.7 Å². The molecule has 0 saturated heterocycles. The Hall–Kier alpha value is -1.88. The van der Waals surface area contributed by atoms with Gasteiger partial charge in [-0.3, -0.25) is 4.79 Å². The van der Waals surface area contributed by atoms with E-state index < -0.39 is 12.1 Å². The molecule has 1 aromatic rings. The van der Waals surface area contributed by atoms with Crippen molar-refractivity contribution in [2.45, 2.75) is 45.1 Å². The summed E-state index contributed by atoms with van der Waals surface area (Å²) in [5, 5.41) is 20.2. The first-order valence-corrected chi connectivity index (χ1v) is 7.28. The lowest BCUT2D eigenvalue weighted by Crippen LogP contribution is -2.30. The highest BCUT2D eigenvalue weighted by atomic mass is 16.4. The second kappa shape index (κ2) is 9.13. The van der Waals surface area contributed by atoms with Gasteiger partial charge in [-0.1, -0.05) is 37.6 Å². The minimum Gasteiger partial charge on any atom is -0.479 e. The first-order chi connectivity index (χ1) is 10.0. The molecule has 1 amide bonds. The quantitative estimate of drug-likeness (QED) is 0.644. The van der Waals surface area contributed by atoms with E-state index in [9.17, 15) is 9.59 Å². The number of aliphatic hydroxyl groups is 1. The van der Waals surface area contributed by atoms with Crippen LogP contribution in [0.15, 0.2) is 24.3 Å². The Bertz CT molecular complexity index is 456. The van der Waals surface area contributed by atoms with E-state index in [2.05, 4.69) is 12.2 Å². The van der Waals surface area contributed by atoms with Gasteiger partial charge in [0.1, 0.15) is 0 Å². The van der Waals surface area contributed by atoms with Gasteiger partial charge in [0.05, 0.1) is 6.42 Å². The second-order valence-corrected chi connectivity index (χ2v) is 5.09. The molecule has 1 aromatic carbocycles. The Labute approximate surface area is 125 Å². The molecule has 116 valence electrons. The van der Waals surface area contributed by atoms with Crippen molar-refractivity contribution >= 4 is 11.9 Å². The molecule has 0 fully saturated rings. The molecule has 0 aliphatic rings. The predicted molar refractivity (Wildman–Crippen MR) is 80.0 cm³/mol. The van der Waals surface area contributed by atoms with Gasteiger partial charge in [0, 0.05) is 13.0 Å². The maximum absolute atomic E-state index is 11.7. The number of amides is 1. The van der Waals surface area contributed by atoms with E-state index >= 15 is 0 Å². The molecule has 5 nitrogen and oxygen atoms in total. The van der Waals surface area contributed by atoms with Gasteiger partial charge >= 0.3 is 5.97 Å². The van der Waals surface area contributed by atoms with Crippen LogP contribution in [0.25, 0.3) is 0 Å². The van der Waals surface area contributed by atoms with Gasteiger partial charge < -0.3 is 15.5 Å². The lowest BCUT2D eigenvalue weighted by Gasteiger charge is -2.08. The van der Waals surface area contributed by atoms with Gasteiger partial charge in [-0.25, -0.2) is 4.79 Å².